The molecule has 8 N–H and O–H groups in total. The van der Waals surface area contributed by atoms with Gasteiger partial charge < -0.3 is 27.3 Å². The first-order chi connectivity index (χ1) is 9.83. The van der Waals surface area contributed by atoms with E-state index in [9.17, 15) is 19.2 Å². The van der Waals surface area contributed by atoms with Crippen LogP contribution in [0.1, 0.15) is 65.2 Å². The van der Waals surface area contributed by atoms with Gasteiger partial charge in [0.15, 0.2) is 0 Å². The highest BCUT2D eigenvalue weighted by atomic mass is 16.6. The van der Waals surface area contributed by atoms with E-state index >= 15 is 0 Å². The van der Waals surface area contributed by atoms with Crippen LogP contribution in [0.4, 0.5) is 0 Å². The molecule has 9 heteroatoms. The number of rotatable bonds is 9. The van der Waals surface area contributed by atoms with Gasteiger partial charge in [-0.05, 0) is 12.8 Å². The first kappa shape index (κ1) is 29.1. The SMILES string of the molecule is CCCC.N.N.O=C(O)CCCC(=O)OC(=O)CCCC(=O)O. The number of carboxylic acid groups (broad SMARTS) is 2. The predicted molar refractivity (Wildman–Crippen MR) is 84.7 cm³/mol. The fourth-order valence-electron chi connectivity index (χ4n) is 0.997. The number of hydrogen-bond acceptors (Lipinski definition) is 7. The van der Waals surface area contributed by atoms with Gasteiger partial charge in [0.25, 0.3) is 0 Å². The fourth-order valence-corrected chi connectivity index (χ4v) is 0.997. The number of unbranched alkanes of at least 4 members (excludes halogenated alkanes) is 1. The monoisotopic (exact) mass is 338 g/mol. The van der Waals surface area contributed by atoms with Crippen molar-refractivity contribution in [3.8, 4) is 0 Å². The third-order valence-corrected chi connectivity index (χ3v) is 2.27. The van der Waals surface area contributed by atoms with Gasteiger partial charge in [-0.1, -0.05) is 26.7 Å². The van der Waals surface area contributed by atoms with E-state index < -0.39 is 23.9 Å². The van der Waals surface area contributed by atoms with E-state index in [1.807, 2.05) is 0 Å². The van der Waals surface area contributed by atoms with Crippen LogP contribution >= 0.6 is 0 Å². The Kier molecular flexibility index (Phi) is 25.3. The third kappa shape index (κ3) is 28.8. The van der Waals surface area contributed by atoms with Gasteiger partial charge in [-0.25, -0.2) is 0 Å². The van der Waals surface area contributed by atoms with Gasteiger partial charge in [0.2, 0.25) is 0 Å². The van der Waals surface area contributed by atoms with Crippen LogP contribution in [0.25, 0.3) is 0 Å². The number of ether oxygens (including phenoxy) is 1. The standard InChI is InChI=1S/C10H14O7.C4H10.2H3N/c11-7(12)3-1-5-9(15)17-10(16)6-2-4-8(13)14;1-3-4-2;;/h1-6H2,(H,11,12)(H,13,14);3-4H2,1-2H3;2*1H3. The van der Waals surface area contributed by atoms with Crippen LogP contribution in [-0.4, -0.2) is 34.1 Å². The van der Waals surface area contributed by atoms with Crippen LogP contribution in [0.3, 0.4) is 0 Å². The van der Waals surface area contributed by atoms with E-state index in [-0.39, 0.29) is 50.8 Å². The molecule has 0 heterocycles. The summed E-state index contributed by atoms with van der Waals surface area (Å²) in [6, 6.07) is 0. The second-order valence-electron chi connectivity index (χ2n) is 4.34. The molecule has 138 valence electrons. The summed E-state index contributed by atoms with van der Waals surface area (Å²) in [7, 11) is 0. The average Bonchev–Trinajstić information content (AvgIpc) is 2.38. The summed E-state index contributed by atoms with van der Waals surface area (Å²) >= 11 is 0. The van der Waals surface area contributed by atoms with Crippen molar-refractivity contribution in [2.75, 3.05) is 0 Å². The molecule has 0 saturated heterocycles. The first-order valence-corrected chi connectivity index (χ1v) is 7.00. The molecular weight excluding hydrogens is 308 g/mol. The second-order valence-corrected chi connectivity index (χ2v) is 4.34. The lowest BCUT2D eigenvalue weighted by Gasteiger charge is -2.01. The quantitative estimate of drug-likeness (QED) is 0.361. The molecule has 9 nitrogen and oxygen atoms in total. The Morgan fingerprint density at radius 3 is 1.22 bits per heavy atom. The molecule has 0 saturated carbocycles. The Bertz CT molecular complexity index is 314. The highest BCUT2D eigenvalue weighted by Gasteiger charge is 2.11. The van der Waals surface area contributed by atoms with Crippen molar-refractivity contribution >= 4 is 23.9 Å². The van der Waals surface area contributed by atoms with Crippen molar-refractivity contribution in [2.24, 2.45) is 0 Å². The molecule has 0 aliphatic heterocycles. The van der Waals surface area contributed by atoms with Crippen molar-refractivity contribution in [3.63, 3.8) is 0 Å². The van der Waals surface area contributed by atoms with Crippen molar-refractivity contribution < 1.29 is 34.1 Å². The summed E-state index contributed by atoms with van der Waals surface area (Å²) in [5.74, 6) is -3.62. The van der Waals surface area contributed by atoms with E-state index in [0.29, 0.717) is 0 Å². The van der Waals surface area contributed by atoms with Gasteiger partial charge in [-0.3, -0.25) is 19.2 Å². The van der Waals surface area contributed by atoms with E-state index in [4.69, 9.17) is 10.2 Å². The number of carbonyl (C=O) groups excluding carboxylic acids is 2. The average molecular weight is 338 g/mol. The lowest BCUT2D eigenvalue weighted by atomic mass is 10.2. The molecule has 0 rings (SSSR count). The van der Waals surface area contributed by atoms with E-state index in [1.54, 1.807) is 0 Å². The molecule has 0 bridgehead atoms. The topological polar surface area (TPSA) is 188 Å². The minimum absolute atomic E-state index is 0. The van der Waals surface area contributed by atoms with Gasteiger partial charge in [0.05, 0.1) is 0 Å². The van der Waals surface area contributed by atoms with Crippen molar-refractivity contribution in [3.05, 3.63) is 0 Å². The molecule has 0 aromatic heterocycles. The van der Waals surface area contributed by atoms with Crippen molar-refractivity contribution in [1.82, 2.24) is 12.3 Å². The van der Waals surface area contributed by atoms with Gasteiger partial charge in [-0.15, -0.1) is 0 Å². The zero-order valence-electron chi connectivity index (χ0n) is 14.0. The molecule has 0 spiro atoms. The fraction of sp³-hybridized carbons (Fsp3) is 0.714. The van der Waals surface area contributed by atoms with Crippen LogP contribution in [0.15, 0.2) is 0 Å². The van der Waals surface area contributed by atoms with Gasteiger partial charge in [-0.2, -0.15) is 0 Å². The summed E-state index contributed by atoms with van der Waals surface area (Å²) < 4.78 is 4.35. The maximum absolute atomic E-state index is 11.0. The van der Waals surface area contributed by atoms with Gasteiger partial charge in [0.1, 0.15) is 0 Å². The lowest BCUT2D eigenvalue weighted by molar-refractivity contribution is -0.159. The van der Waals surface area contributed by atoms with Crippen LogP contribution in [0.2, 0.25) is 0 Å². The number of aliphatic carboxylic acids is 2. The molecular formula is C14H30N2O7. The number of carbonyl (C=O) groups is 4. The smallest absolute Gasteiger partial charge is 0.313 e. The molecule has 0 unspecified atom stereocenters. The molecule has 0 fully saturated rings. The Hall–Kier alpha value is -2.00. The number of hydrogen-bond donors (Lipinski definition) is 4. The zero-order valence-corrected chi connectivity index (χ0v) is 14.0. The Morgan fingerprint density at radius 1 is 0.696 bits per heavy atom. The molecule has 0 aliphatic rings. The summed E-state index contributed by atoms with van der Waals surface area (Å²) in [5.41, 5.74) is 0. The lowest BCUT2D eigenvalue weighted by Crippen LogP contribution is -2.12. The minimum atomic E-state index is -1.02. The normalized spacial score (nSPS) is 8.43. The van der Waals surface area contributed by atoms with E-state index in [1.165, 1.54) is 12.8 Å². The molecule has 0 amide bonds. The van der Waals surface area contributed by atoms with E-state index in [2.05, 4.69) is 18.6 Å². The molecule has 0 aromatic rings. The van der Waals surface area contributed by atoms with Gasteiger partial charge in [0, 0.05) is 25.7 Å². The summed E-state index contributed by atoms with van der Waals surface area (Å²) in [6.45, 7) is 4.36. The highest BCUT2D eigenvalue weighted by Crippen LogP contribution is 2.02. The minimum Gasteiger partial charge on any atom is -0.481 e. The third-order valence-electron chi connectivity index (χ3n) is 2.27. The molecule has 0 atom stereocenters. The van der Waals surface area contributed by atoms with Crippen molar-refractivity contribution in [1.29, 1.82) is 0 Å². The second kappa shape index (κ2) is 20.0. The Labute approximate surface area is 136 Å². The molecule has 0 radical (unpaired) electrons. The number of esters is 2. The maximum Gasteiger partial charge on any atom is 0.313 e. The van der Waals surface area contributed by atoms with Gasteiger partial charge >= 0.3 is 23.9 Å². The zero-order chi connectivity index (χ0) is 16.7. The summed E-state index contributed by atoms with van der Waals surface area (Å²) in [4.78, 5) is 42.2. The molecule has 0 aliphatic carbocycles. The van der Waals surface area contributed by atoms with Crippen molar-refractivity contribution in [2.45, 2.75) is 65.2 Å². The first-order valence-electron chi connectivity index (χ1n) is 7.00. The van der Waals surface area contributed by atoms with Crippen LogP contribution in [0.5, 0.6) is 0 Å². The Balaban J connectivity index is -0.000000268. The number of carboxylic acids is 2. The molecule has 23 heavy (non-hydrogen) atoms. The van der Waals surface area contributed by atoms with Crippen LogP contribution in [-0.2, 0) is 23.9 Å². The molecule has 0 aromatic carbocycles. The predicted octanol–water partition coefficient (Wildman–Crippen LogP) is 2.70. The van der Waals surface area contributed by atoms with Crippen LogP contribution in [0, 0.1) is 0 Å². The Morgan fingerprint density at radius 2 is 1.00 bits per heavy atom. The van der Waals surface area contributed by atoms with E-state index in [0.717, 1.165) is 0 Å². The largest absolute Gasteiger partial charge is 0.481 e. The maximum atomic E-state index is 11.0. The summed E-state index contributed by atoms with van der Waals surface area (Å²) in [5, 5.41) is 16.6. The summed E-state index contributed by atoms with van der Waals surface area (Å²) in [6.07, 6.45) is 2.24. The highest BCUT2D eigenvalue weighted by molar-refractivity contribution is 5.85. The van der Waals surface area contributed by atoms with Crippen LogP contribution < -0.4 is 12.3 Å².